The molecule has 0 heterocycles. The van der Waals surface area contributed by atoms with E-state index in [1.165, 1.54) is 0 Å². The van der Waals surface area contributed by atoms with Crippen molar-refractivity contribution in [1.29, 1.82) is 0 Å². The second-order valence-corrected chi connectivity index (χ2v) is 8.24. The van der Waals surface area contributed by atoms with Gasteiger partial charge in [-0.2, -0.15) is 0 Å². The fraction of sp³-hybridized carbons (Fsp3) is 0.833. The van der Waals surface area contributed by atoms with Gasteiger partial charge in [0.1, 0.15) is 0 Å². The summed E-state index contributed by atoms with van der Waals surface area (Å²) in [5.41, 5.74) is -0.466. The van der Waals surface area contributed by atoms with Crippen LogP contribution in [-0.2, 0) is 9.53 Å². The smallest absolute Gasteiger partial charge is 0.312 e. The van der Waals surface area contributed by atoms with Crippen LogP contribution < -0.4 is 0 Å². The van der Waals surface area contributed by atoms with Gasteiger partial charge in [0.05, 0.1) is 12.0 Å². The maximum absolute atomic E-state index is 12.6. The van der Waals surface area contributed by atoms with Crippen molar-refractivity contribution < 1.29 is 9.53 Å². The van der Waals surface area contributed by atoms with Crippen molar-refractivity contribution >= 4 is 5.97 Å². The fourth-order valence-electron chi connectivity index (χ4n) is 2.42. The molecule has 0 rings (SSSR count). The molecule has 0 saturated carbocycles. The largest absolute Gasteiger partial charge is 0.465 e. The summed E-state index contributed by atoms with van der Waals surface area (Å²) in [6, 6.07) is 0. The van der Waals surface area contributed by atoms with Crippen molar-refractivity contribution in [3.05, 3.63) is 12.7 Å². The number of hydrogen-bond acceptors (Lipinski definition) is 2. The minimum Gasteiger partial charge on any atom is -0.465 e. The van der Waals surface area contributed by atoms with Crippen molar-refractivity contribution in [3.63, 3.8) is 0 Å². The van der Waals surface area contributed by atoms with E-state index in [4.69, 9.17) is 4.74 Å². The molecule has 0 fully saturated rings. The molecule has 0 aromatic rings. The highest BCUT2D eigenvalue weighted by atomic mass is 16.5. The van der Waals surface area contributed by atoms with Crippen LogP contribution in [0.15, 0.2) is 12.7 Å². The summed E-state index contributed by atoms with van der Waals surface area (Å²) in [4.78, 5) is 12.6. The highest BCUT2D eigenvalue weighted by Crippen LogP contribution is 2.47. The van der Waals surface area contributed by atoms with Crippen molar-refractivity contribution in [1.82, 2.24) is 0 Å². The second kappa shape index (κ2) is 7.28. The monoisotopic (exact) mass is 282 g/mol. The Kier molecular flexibility index (Phi) is 7.00. The van der Waals surface area contributed by atoms with Crippen molar-refractivity contribution in [2.45, 2.75) is 74.1 Å². The third-order valence-electron chi connectivity index (χ3n) is 4.03. The molecule has 0 N–H and O–H groups in total. The number of hydrogen-bond donors (Lipinski definition) is 0. The van der Waals surface area contributed by atoms with Crippen LogP contribution in [-0.4, -0.2) is 12.6 Å². The van der Waals surface area contributed by atoms with Gasteiger partial charge in [0.2, 0.25) is 0 Å². The Morgan fingerprint density at radius 3 is 2.00 bits per heavy atom. The zero-order valence-electron chi connectivity index (χ0n) is 14.6. The van der Waals surface area contributed by atoms with Gasteiger partial charge in [0.15, 0.2) is 0 Å². The quantitative estimate of drug-likeness (QED) is 0.356. The van der Waals surface area contributed by atoms with Gasteiger partial charge in [0, 0.05) is 0 Å². The van der Waals surface area contributed by atoms with E-state index >= 15 is 0 Å². The van der Waals surface area contributed by atoms with Crippen molar-refractivity contribution in [2.24, 2.45) is 16.2 Å². The SMILES string of the molecule is C=CCCCCOC(=O)C(C)(CC(C)(C)C)C(C)(C)C. The number of carbonyl (C=O) groups excluding carboxylic acids is 1. The van der Waals surface area contributed by atoms with E-state index in [2.05, 4.69) is 48.1 Å². The van der Waals surface area contributed by atoms with Crippen molar-refractivity contribution in [3.8, 4) is 0 Å². The fourth-order valence-corrected chi connectivity index (χ4v) is 2.42. The molecule has 0 aromatic heterocycles. The molecular formula is C18H34O2. The normalized spacial score (nSPS) is 15.6. The number of esters is 1. The summed E-state index contributed by atoms with van der Waals surface area (Å²) in [6.45, 7) is 19.2. The Morgan fingerprint density at radius 2 is 1.60 bits per heavy atom. The molecule has 0 aromatic carbocycles. The lowest BCUT2D eigenvalue weighted by molar-refractivity contribution is -0.164. The Hall–Kier alpha value is -0.790. The highest BCUT2D eigenvalue weighted by molar-refractivity contribution is 5.77. The van der Waals surface area contributed by atoms with Crippen LogP contribution in [0, 0.1) is 16.2 Å². The molecule has 0 aliphatic heterocycles. The Labute approximate surface area is 126 Å². The van der Waals surface area contributed by atoms with E-state index < -0.39 is 5.41 Å². The summed E-state index contributed by atoms with van der Waals surface area (Å²) in [5.74, 6) is -0.0569. The summed E-state index contributed by atoms with van der Waals surface area (Å²) in [6.07, 6.45) is 5.65. The first-order valence-corrected chi connectivity index (χ1v) is 7.72. The van der Waals surface area contributed by atoms with Gasteiger partial charge in [-0.1, -0.05) is 47.6 Å². The molecule has 2 nitrogen and oxygen atoms in total. The first-order valence-electron chi connectivity index (χ1n) is 7.72. The molecule has 0 bridgehead atoms. The van der Waals surface area contributed by atoms with Gasteiger partial charge in [-0.3, -0.25) is 4.79 Å². The van der Waals surface area contributed by atoms with E-state index in [-0.39, 0.29) is 16.8 Å². The average molecular weight is 282 g/mol. The predicted molar refractivity (Wildman–Crippen MR) is 86.6 cm³/mol. The van der Waals surface area contributed by atoms with Gasteiger partial charge in [-0.05, 0) is 43.4 Å². The van der Waals surface area contributed by atoms with Gasteiger partial charge in [-0.25, -0.2) is 0 Å². The van der Waals surface area contributed by atoms with Crippen molar-refractivity contribution in [2.75, 3.05) is 6.61 Å². The Balaban J connectivity index is 4.71. The molecule has 1 atom stereocenters. The lowest BCUT2D eigenvalue weighted by Gasteiger charge is -2.43. The molecule has 0 radical (unpaired) electrons. The summed E-state index contributed by atoms with van der Waals surface area (Å²) in [5, 5.41) is 0. The third kappa shape index (κ3) is 6.11. The maximum atomic E-state index is 12.6. The molecule has 0 aliphatic rings. The summed E-state index contributed by atoms with van der Waals surface area (Å²) < 4.78 is 5.55. The van der Waals surface area contributed by atoms with Crippen LogP contribution in [0.4, 0.5) is 0 Å². The van der Waals surface area contributed by atoms with E-state index in [1.807, 2.05) is 13.0 Å². The first-order chi connectivity index (χ1) is 8.94. The van der Waals surface area contributed by atoms with Crippen LogP contribution in [0.5, 0.6) is 0 Å². The third-order valence-corrected chi connectivity index (χ3v) is 4.03. The molecule has 118 valence electrons. The molecule has 0 saturated heterocycles. The molecule has 20 heavy (non-hydrogen) atoms. The Morgan fingerprint density at radius 1 is 1.05 bits per heavy atom. The van der Waals surface area contributed by atoms with Crippen LogP contribution in [0.3, 0.4) is 0 Å². The zero-order valence-corrected chi connectivity index (χ0v) is 14.6. The van der Waals surface area contributed by atoms with Gasteiger partial charge in [-0.15, -0.1) is 6.58 Å². The number of carbonyl (C=O) groups is 1. The van der Waals surface area contributed by atoms with E-state index in [0.29, 0.717) is 6.61 Å². The highest BCUT2D eigenvalue weighted by Gasteiger charge is 2.47. The summed E-state index contributed by atoms with van der Waals surface area (Å²) >= 11 is 0. The van der Waals surface area contributed by atoms with Gasteiger partial charge < -0.3 is 4.74 Å². The minimum atomic E-state index is -0.455. The lowest BCUT2D eigenvalue weighted by Crippen LogP contribution is -2.44. The number of ether oxygens (including phenoxy) is 1. The number of rotatable bonds is 7. The molecule has 0 aliphatic carbocycles. The summed E-state index contributed by atoms with van der Waals surface area (Å²) in [7, 11) is 0. The zero-order chi connectivity index (χ0) is 16.0. The van der Waals surface area contributed by atoms with E-state index in [1.54, 1.807) is 0 Å². The number of unbranched alkanes of at least 4 members (excludes halogenated alkanes) is 2. The van der Waals surface area contributed by atoms with Crippen LogP contribution in [0.1, 0.15) is 74.1 Å². The molecule has 0 spiro atoms. The molecule has 2 heteroatoms. The van der Waals surface area contributed by atoms with Crippen LogP contribution in [0.25, 0.3) is 0 Å². The molecule has 1 unspecified atom stereocenters. The number of allylic oxidation sites excluding steroid dienone is 1. The van der Waals surface area contributed by atoms with Gasteiger partial charge >= 0.3 is 5.97 Å². The molecular weight excluding hydrogens is 248 g/mol. The molecule has 0 amide bonds. The average Bonchev–Trinajstić information content (AvgIpc) is 2.24. The predicted octanol–water partition coefficient (Wildman–Crippen LogP) is 5.37. The van der Waals surface area contributed by atoms with Crippen LogP contribution >= 0.6 is 0 Å². The Bertz CT molecular complexity index is 317. The first kappa shape index (κ1) is 19.2. The van der Waals surface area contributed by atoms with Gasteiger partial charge in [0.25, 0.3) is 0 Å². The second-order valence-electron chi connectivity index (χ2n) is 8.24. The maximum Gasteiger partial charge on any atom is 0.312 e. The lowest BCUT2D eigenvalue weighted by atomic mass is 9.61. The van der Waals surface area contributed by atoms with Crippen LogP contribution in [0.2, 0.25) is 0 Å². The van der Waals surface area contributed by atoms with E-state index in [9.17, 15) is 4.79 Å². The van der Waals surface area contributed by atoms with E-state index in [0.717, 1.165) is 25.7 Å². The minimum absolute atomic E-state index is 0.0569. The topological polar surface area (TPSA) is 26.3 Å². The standard InChI is InChI=1S/C18H34O2/c1-9-10-11-12-13-20-15(19)18(8,17(5,6)7)14-16(2,3)4/h9H,1,10-14H2,2-8H3.